The molecule has 0 spiro atoms. The fourth-order valence-corrected chi connectivity index (χ4v) is 10.8. The minimum absolute atomic E-state index is 0.675. The number of rotatable bonds is 17. The Balaban J connectivity index is 0.740. The zero-order chi connectivity index (χ0) is 49.8. The highest BCUT2D eigenvalue weighted by Gasteiger charge is 2.20. The predicted molar refractivity (Wildman–Crippen MR) is 299 cm³/mol. The maximum absolute atomic E-state index is 5.36. The van der Waals surface area contributed by atoms with Gasteiger partial charge in [-0.25, -0.2) is 19.9 Å². The van der Waals surface area contributed by atoms with E-state index in [0.29, 0.717) is 31.1 Å². The molecule has 0 N–H and O–H groups in total. The molecule has 2 aromatic heterocycles. The highest BCUT2D eigenvalue weighted by molar-refractivity contribution is 6.07. The fraction of sp³-hybridized carbons (Fsp3) is 0.235. The summed E-state index contributed by atoms with van der Waals surface area (Å²) in [7, 11) is 0. The standard InChI is InChI=1S/C68H62N4O2/c1-45-4-24-64-60(25-45)21-22-61(33-57-39-71-67(72-40-57)36-54-19-15-50(16-20-54)28-48-7-11-52(12-8-48)30-59-43-74-44-59)68(64)65-34-55(32-62-26-46(2)3-23-63(62)65)31-56-37-69-66(70-38-56)35-53-17-13-49(14-18-53)27-47-5-9-51(10-6-47)29-58-41-73-42-58/h3-26,32,34,37-40,58-59H,27-31,33,35-36,41-44H2,1-2H3. The topological polar surface area (TPSA) is 70.0 Å². The molecule has 6 heteroatoms. The third kappa shape index (κ3) is 11.3. The van der Waals surface area contributed by atoms with Crippen LogP contribution in [0.4, 0.5) is 0 Å². The Labute approximate surface area is 435 Å². The molecule has 0 amide bonds. The largest absolute Gasteiger partial charge is 0.381 e. The summed E-state index contributed by atoms with van der Waals surface area (Å²) in [6, 6.07) is 59.0. The van der Waals surface area contributed by atoms with Gasteiger partial charge in [-0.1, -0.05) is 169 Å². The Hall–Kier alpha value is -7.64. The van der Waals surface area contributed by atoms with Crippen molar-refractivity contribution >= 4 is 21.5 Å². The van der Waals surface area contributed by atoms with E-state index in [2.05, 4.69) is 172 Å². The lowest BCUT2D eigenvalue weighted by Crippen LogP contribution is -2.29. The Morgan fingerprint density at radius 1 is 0.351 bits per heavy atom. The van der Waals surface area contributed by atoms with E-state index in [1.165, 1.54) is 99.4 Å². The Kier molecular flexibility index (Phi) is 13.7. The fourth-order valence-electron chi connectivity index (χ4n) is 10.8. The molecule has 0 radical (unpaired) electrons. The molecule has 6 nitrogen and oxygen atoms in total. The summed E-state index contributed by atoms with van der Waals surface area (Å²) in [5.41, 5.74) is 20.1. The average Bonchev–Trinajstić information content (AvgIpc) is 3.39. The average molecular weight is 967 g/mol. The van der Waals surface area contributed by atoms with Crippen molar-refractivity contribution in [3.05, 3.63) is 272 Å². The molecule has 10 aromatic rings. The van der Waals surface area contributed by atoms with Crippen molar-refractivity contribution in [3.8, 4) is 11.1 Å². The van der Waals surface area contributed by atoms with Gasteiger partial charge < -0.3 is 9.47 Å². The maximum atomic E-state index is 5.36. The second-order valence-corrected chi connectivity index (χ2v) is 21.2. The molecule has 8 aromatic carbocycles. The van der Waals surface area contributed by atoms with E-state index < -0.39 is 0 Å². The molecule has 12 rings (SSSR count). The Morgan fingerprint density at radius 3 is 1.22 bits per heavy atom. The molecule has 0 saturated carbocycles. The van der Waals surface area contributed by atoms with E-state index >= 15 is 0 Å². The first-order valence-corrected chi connectivity index (χ1v) is 26.5. The number of fused-ring (bicyclic) bond motifs is 2. The maximum Gasteiger partial charge on any atom is 0.132 e. The molecule has 4 heterocycles. The lowest BCUT2D eigenvalue weighted by atomic mass is 9.86. The quantitative estimate of drug-likeness (QED) is 0.0905. The van der Waals surface area contributed by atoms with Gasteiger partial charge in [0.05, 0.1) is 26.4 Å². The number of benzene rings is 8. The molecule has 0 atom stereocenters. The van der Waals surface area contributed by atoms with Crippen LogP contribution in [0, 0.1) is 25.7 Å². The van der Waals surface area contributed by atoms with E-state index in [-0.39, 0.29) is 0 Å². The second kappa shape index (κ2) is 21.4. The first-order chi connectivity index (χ1) is 36.3. The van der Waals surface area contributed by atoms with E-state index in [1.807, 2.05) is 24.8 Å². The molecule has 0 bridgehead atoms. The van der Waals surface area contributed by atoms with Gasteiger partial charge in [0.25, 0.3) is 0 Å². The highest BCUT2D eigenvalue weighted by atomic mass is 16.5. The van der Waals surface area contributed by atoms with Gasteiger partial charge in [0.15, 0.2) is 0 Å². The van der Waals surface area contributed by atoms with Gasteiger partial charge in [-0.05, 0) is 139 Å². The van der Waals surface area contributed by atoms with E-state index in [0.717, 1.165) is 81.3 Å². The van der Waals surface area contributed by atoms with E-state index in [9.17, 15) is 0 Å². The first kappa shape index (κ1) is 47.4. The van der Waals surface area contributed by atoms with Crippen LogP contribution >= 0.6 is 0 Å². The van der Waals surface area contributed by atoms with Gasteiger partial charge in [-0.3, -0.25) is 0 Å². The van der Waals surface area contributed by atoms with Crippen LogP contribution in [0.1, 0.15) is 89.5 Å². The lowest BCUT2D eigenvalue weighted by Gasteiger charge is -2.25. The predicted octanol–water partition coefficient (Wildman–Crippen LogP) is 13.8. The van der Waals surface area contributed by atoms with Gasteiger partial charge in [0.1, 0.15) is 11.6 Å². The summed E-state index contributed by atoms with van der Waals surface area (Å²) in [5, 5.41) is 4.95. The number of aromatic nitrogens is 4. The van der Waals surface area contributed by atoms with Crippen molar-refractivity contribution in [2.24, 2.45) is 11.8 Å². The van der Waals surface area contributed by atoms with Crippen molar-refractivity contribution in [1.29, 1.82) is 0 Å². The summed E-state index contributed by atoms with van der Waals surface area (Å²) in [6.07, 6.45) is 14.9. The van der Waals surface area contributed by atoms with Crippen LogP contribution in [-0.2, 0) is 60.8 Å². The zero-order valence-electron chi connectivity index (χ0n) is 42.6. The van der Waals surface area contributed by atoms with Crippen LogP contribution < -0.4 is 0 Å². The van der Waals surface area contributed by atoms with E-state index in [1.54, 1.807) is 0 Å². The van der Waals surface area contributed by atoms with Crippen LogP contribution in [0.3, 0.4) is 0 Å². The molecule has 366 valence electrons. The molecule has 2 saturated heterocycles. The molecule has 0 aliphatic carbocycles. The minimum atomic E-state index is 0.675. The SMILES string of the molecule is Cc1ccc2c(-c3c(Cc4cnc(Cc5ccc(Cc6ccc(CC7COC7)cc6)cc5)nc4)ccc4cc(C)ccc34)cc(Cc3cnc(Cc4ccc(Cc5ccc(CC6COC6)cc5)cc4)nc3)cc2c1. The van der Waals surface area contributed by atoms with Gasteiger partial charge in [-0.15, -0.1) is 0 Å². The molecule has 2 fully saturated rings. The summed E-state index contributed by atoms with van der Waals surface area (Å²) in [6.45, 7) is 7.92. The highest BCUT2D eigenvalue weighted by Crippen LogP contribution is 2.39. The lowest BCUT2D eigenvalue weighted by molar-refractivity contribution is -0.0312. The van der Waals surface area contributed by atoms with Gasteiger partial charge in [0.2, 0.25) is 0 Å². The third-order valence-electron chi connectivity index (χ3n) is 15.1. The number of nitrogens with zero attached hydrogens (tertiary/aromatic N) is 4. The van der Waals surface area contributed by atoms with Crippen molar-refractivity contribution in [1.82, 2.24) is 19.9 Å². The van der Waals surface area contributed by atoms with E-state index in [4.69, 9.17) is 29.4 Å². The van der Waals surface area contributed by atoms with Gasteiger partial charge >= 0.3 is 0 Å². The van der Waals surface area contributed by atoms with Crippen molar-refractivity contribution < 1.29 is 9.47 Å². The molecule has 2 aliphatic heterocycles. The van der Waals surface area contributed by atoms with Crippen LogP contribution in [0.15, 0.2) is 183 Å². The van der Waals surface area contributed by atoms with Crippen LogP contribution in [-0.4, -0.2) is 46.4 Å². The zero-order valence-corrected chi connectivity index (χ0v) is 42.6. The van der Waals surface area contributed by atoms with Gasteiger partial charge in [0, 0.05) is 62.3 Å². The third-order valence-corrected chi connectivity index (χ3v) is 15.1. The summed E-state index contributed by atoms with van der Waals surface area (Å²) >= 11 is 0. The number of aryl methyl sites for hydroxylation is 2. The molecule has 0 unspecified atom stereocenters. The van der Waals surface area contributed by atoms with Gasteiger partial charge in [-0.2, -0.15) is 0 Å². The smallest absolute Gasteiger partial charge is 0.132 e. The first-order valence-electron chi connectivity index (χ1n) is 26.5. The number of ether oxygens (including phenoxy) is 2. The molecule has 2 aliphatic rings. The molecular formula is C68H62N4O2. The molecular weight excluding hydrogens is 905 g/mol. The van der Waals surface area contributed by atoms with Crippen molar-refractivity contribution in [2.45, 2.75) is 65.2 Å². The van der Waals surface area contributed by atoms with Crippen molar-refractivity contribution in [3.63, 3.8) is 0 Å². The molecule has 74 heavy (non-hydrogen) atoms. The summed E-state index contributed by atoms with van der Waals surface area (Å²) < 4.78 is 10.7. The van der Waals surface area contributed by atoms with Crippen LogP contribution in [0.2, 0.25) is 0 Å². The number of hydrogen-bond acceptors (Lipinski definition) is 6. The van der Waals surface area contributed by atoms with Crippen LogP contribution in [0.25, 0.3) is 32.7 Å². The summed E-state index contributed by atoms with van der Waals surface area (Å²) in [4.78, 5) is 19.6. The second-order valence-electron chi connectivity index (χ2n) is 21.2. The Bertz CT molecular complexity index is 3550. The normalized spacial score (nSPS) is 13.8. The van der Waals surface area contributed by atoms with Crippen molar-refractivity contribution in [2.75, 3.05) is 26.4 Å². The van der Waals surface area contributed by atoms with Crippen LogP contribution in [0.5, 0.6) is 0 Å². The summed E-state index contributed by atoms with van der Waals surface area (Å²) in [5.74, 6) is 3.00. The minimum Gasteiger partial charge on any atom is -0.381 e. The number of hydrogen-bond donors (Lipinski definition) is 0. The Morgan fingerprint density at radius 2 is 0.757 bits per heavy atom. The monoisotopic (exact) mass is 966 g/mol.